The van der Waals surface area contributed by atoms with Crippen LogP contribution in [0.5, 0.6) is 11.5 Å². The summed E-state index contributed by atoms with van der Waals surface area (Å²) in [6, 6.07) is 14.3. The summed E-state index contributed by atoms with van der Waals surface area (Å²) in [6.07, 6.45) is 1.57. The van der Waals surface area contributed by atoms with Gasteiger partial charge in [0, 0.05) is 6.54 Å². The van der Waals surface area contributed by atoms with Crippen LogP contribution in [0.1, 0.15) is 23.1 Å². The highest BCUT2D eigenvalue weighted by Crippen LogP contribution is 2.19. The van der Waals surface area contributed by atoms with Gasteiger partial charge in [0.2, 0.25) is 0 Å². The van der Waals surface area contributed by atoms with Crippen molar-refractivity contribution < 1.29 is 14.6 Å². The van der Waals surface area contributed by atoms with Gasteiger partial charge in [0.05, 0.1) is 7.11 Å². The fraction of sp³-hybridized carbons (Fsp3) is 0.455. The van der Waals surface area contributed by atoms with Crippen LogP contribution in [0.15, 0.2) is 42.5 Å². The van der Waals surface area contributed by atoms with Crippen LogP contribution < -0.4 is 9.47 Å². The fourth-order valence-electron chi connectivity index (χ4n) is 2.90. The summed E-state index contributed by atoms with van der Waals surface area (Å²) >= 11 is 0. The average molecular weight is 357 g/mol. The summed E-state index contributed by atoms with van der Waals surface area (Å²) < 4.78 is 11.0. The average Bonchev–Trinajstić information content (AvgIpc) is 2.63. The van der Waals surface area contributed by atoms with Crippen molar-refractivity contribution in [3.63, 3.8) is 0 Å². The minimum absolute atomic E-state index is 0.313. The second-order valence-electron chi connectivity index (χ2n) is 6.95. The van der Waals surface area contributed by atoms with Crippen molar-refractivity contribution in [1.29, 1.82) is 0 Å². The topological polar surface area (TPSA) is 41.9 Å². The zero-order valence-electron chi connectivity index (χ0n) is 16.4. The van der Waals surface area contributed by atoms with E-state index in [1.165, 1.54) is 5.56 Å². The molecule has 0 aliphatic heterocycles. The molecule has 0 amide bonds. The molecule has 26 heavy (non-hydrogen) atoms. The molecule has 0 heterocycles. The van der Waals surface area contributed by atoms with Gasteiger partial charge in [0.25, 0.3) is 0 Å². The predicted molar refractivity (Wildman–Crippen MR) is 106 cm³/mol. The Morgan fingerprint density at radius 1 is 1.08 bits per heavy atom. The van der Waals surface area contributed by atoms with Crippen LogP contribution in [0.2, 0.25) is 0 Å². The summed E-state index contributed by atoms with van der Waals surface area (Å²) in [4.78, 5) is 2.15. The zero-order valence-corrected chi connectivity index (χ0v) is 16.4. The van der Waals surface area contributed by atoms with Crippen molar-refractivity contribution in [2.75, 3.05) is 33.9 Å². The molecular weight excluding hydrogens is 326 g/mol. The van der Waals surface area contributed by atoms with E-state index in [1.807, 2.05) is 45.2 Å². The van der Waals surface area contributed by atoms with Crippen LogP contribution in [-0.4, -0.2) is 50.0 Å². The van der Waals surface area contributed by atoms with E-state index in [-0.39, 0.29) is 0 Å². The van der Waals surface area contributed by atoms with Crippen molar-refractivity contribution >= 4 is 0 Å². The van der Waals surface area contributed by atoms with Gasteiger partial charge >= 0.3 is 0 Å². The Morgan fingerprint density at radius 3 is 2.50 bits per heavy atom. The third-order valence-electron chi connectivity index (χ3n) is 4.46. The lowest BCUT2D eigenvalue weighted by molar-refractivity contribution is 0.0758. The van der Waals surface area contributed by atoms with Crippen LogP contribution in [0, 0.1) is 13.8 Å². The molecule has 2 rings (SSSR count). The van der Waals surface area contributed by atoms with E-state index in [4.69, 9.17) is 9.47 Å². The normalized spacial score (nSPS) is 12.2. The molecule has 0 aliphatic rings. The number of likely N-dealkylation sites (N-methyl/N-ethyl adjacent to an activating group) is 1. The number of methoxy groups -OCH3 is 1. The van der Waals surface area contributed by atoms with Crippen LogP contribution >= 0.6 is 0 Å². The Kier molecular flexibility index (Phi) is 7.95. The van der Waals surface area contributed by atoms with Crippen LogP contribution in [0.3, 0.4) is 0 Å². The summed E-state index contributed by atoms with van der Waals surface area (Å²) in [6.45, 7) is 5.92. The van der Waals surface area contributed by atoms with Crippen molar-refractivity contribution in [3.05, 3.63) is 59.2 Å². The first-order valence-corrected chi connectivity index (χ1v) is 9.17. The number of rotatable bonds is 10. The van der Waals surface area contributed by atoms with E-state index < -0.39 is 6.10 Å². The summed E-state index contributed by atoms with van der Waals surface area (Å²) in [5.74, 6) is 1.74. The highest BCUT2D eigenvalue weighted by molar-refractivity contribution is 5.36. The van der Waals surface area contributed by atoms with Crippen molar-refractivity contribution in [1.82, 2.24) is 4.90 Å². The van der Waals surface area contributed by atoms with Crippen LogP contribution in [-0.2, 0) is 6.42 Å². The maximum atomic E-state index is 10.2. The molecule has 0 radical (unpaired) electrons. The van der Waals surface area contributed by atoms with Gasteiger partial charge in [-0.05, 0) is 75.2 Å². The summed E-state index contributed by atoms with van der Waals surface area (Å²) in [5, 5.41) is 10.2. The quantitative estimate of drug-likeness (QED) is 0.705. The maximum absolute atomic E-state index is 10.2. The van der Waals surface area contributed by atoms with Gasteiger partial charge in [0.15, 0.2) is 0 Å². The molecule has 0 fully saturated rings. The highest BCUT2D eigenvalue weighted by atomic mass is 16.5. The van der Waals surface area contributed by atoms with Gasteiger partial charge < -0.3 is 19.5 Å². The van der Waals surface area contributed by atoms with Crippen LogP contribution in [0.4, 0.5) is 0 Å². The van der Waals surface area contributed by atoms with Gasteiger partial charge in [0.1, 0.15) is 24.2 Å². The standard InChI is InChI=1S/C22H31NO3/c1-17-7-8-18(2)22(14-17)26-16-20(24)15-23(3)13-5-6-19-9-11-21(25-4)12-10-19/h7-12,14,20,24H,5-6,13,15-16H2,1-4H3. The number of nitrogens with zero attached hydrogens (tertiary/aromatic N) is 1. The lowest BCUT2D eigenvalue weighted by atomic mass is 10.1. The van der Waals surface area contributed by atoms with Crippen LogP contribution in [0.25, 0.3) is 0 Å². The van der Waals surface area contributed by atoms with Crippen molar-refractivity contribution in [2.24, 2.45) is 0 Å². The van der Waals surface area contributed by atoms with E-state index in [1.54, 1.807) is 7.11 Å². The first kappa shape index (κ1) is 20.3. The summed E-state index contributed by atoms with van der Waals surface area (Å²) in [5.41, 5.74) is 3.56. The van der Waals surface area contributed by atoms with E-state index >= 15 is 0 Å². The first-order valence-electron chi connectivity index (χ1n) is 9.17. The molecule has 0 spiro atoms. The number of aliphatic hydroxyl groups is 1. The molecule has 142 valence electrons. The minimum Gasteiger partial charge on any atom is -0.497 e. The molecule has 1 N–H and O–H groups in total. The fourth-order valence-corrected chi connectivity index (χ4v) is 2.90. The molecule has 4 nitrogen and oxygen atoms in total. The number of hydrogen-bond donors (Lipinski definition) is 1. The molecule has 1 atom stereocenters. The maximum Gasteiger partial charge on any atom is 0.122 e. The van der Waals surface area contributed by atoms with Crippen molar-refractivity contribution in [3.8, 4) is 11.5 Å². The molecule has 0 bridgehead atoms. The molecule has 0 aliphatic carbocycles. The highest BCUT2D eigenvalue weighted by Gasteiger charge is 2.10. The third-order valence-corrected chi connectivity index (χ3v) is 4.46. The molecule has 0 aromatic heterocycles. The van der Waals surface area contributed by atoms with E-state index in [0.717, 1.165) is 42.0 Å². The van der Waals surface area contributed by atoms with E-state index in [2.05, 4.69) is 23.1 Å². The molecule has 4 heteroatoms. The minimum atomic E-state index is -0.499. The Morgan fingerprint density at radius 2 is 1.81 bits per heavy atom. The van der Waals surface area contributed by atoms with Gasteiger partial charge in [-0.1, -0.05) is 24.3 Å². The third kappa shape index (κ3) is 6.70. The SMILES string of the molecule is COc1ccc(CCCN(C)CC(O)COc2cc(C)ccc2C)cc1. The Labute approximate surface area is 157 Å². The molecule has 0 saturated heterocycles. The molecule has 1 unspecified atom stereocenters. The van der Waals surface area contributed by atoms with Gasteiger partial charge in [-0.15, -0.1) is 0 Å². The number of ether oxygens (including phenoxy) is 2. The molecular formula is C22H31NO3. The zero-order chi connectivity index (χ0) is 18.9. The Bertz CT molecular complexity index is 670. The van der Waals surface area contributed by atoms with Gasteiger partial charge in [-0.25, -0.2) is 0 Å². The van der Waals surface area contributed by atoms with Gasteiger partial charge in [-0.3, -0.25) is 0 Å². The molecule has 2 aromatic carbocycles. The number of benzene rings is 2. The van der Waals surface area contributed by atoms with Gasteiger partial charge in [-0.2, -0.15) is 0 Å². The number of hydrogen-bond acceptors (Lipinski definition) is 4. The van der Waals surface area contributed by atoms with E-state index in [0.29, 0.717) is 13.2 Å². The monoisotopic (exact) mass is 357 g/mol. The lowest BCUT2D eigenvalue weighted by Crippen LogP contribution is -2.33. The first-order chi connectivity index (χ1) is 12.5. The molecule has 2 aromatic rings. The molecule has 0 saturated carbocycles. The van der Waals surface area contributed by atoms with E-state index in [9.17, 15) is 5.11 Å². The predicted octanol–water partition coefficient (Wildman–Crippen LogP) is 3.62. The Balaban J connectivity index is 1.67. The number of aliphatic hydroxyl groups excluding tert-OH is 1. The summed E-state index contributed by atoms with van der Waals surface area (Å²) in [7, 11) is 3.72. The second kappa shape index (κ2) is 10.2. The Hall–Kier alpha value is -2.04. The number of aryl methyl sites for hydroxylation is 3. The van der Waals surface area contributed by atoms with Crippen molar-refractivity contribution in [2.45, 2.75) is 32.8 Å². The largest absolute Gasteiger partial charge is 0.497 e. The lowest BCUT2D eigenvalue weighted by Gasteiger charge is -2.21. The smallest absolute Gasteiger partial charge is 0.122 e. The second-order valence-corrected chi connectivity index (χ2v) is 6.95.